The zero-order chi connectivity index (χ0) is 14.5. The molecule has 0 bridgehead atoms. The molecule has 108 valence electrons. The summed E-state index contributed by atoms with van der Waals surface area (Å²) >= 11 is 0. The van der Waals surface area contributed by atoms with Crippen LogP contribution >= 0.6 is 0 Å². The van der Waals surface area contributed by atoms with Crippen molar-refractivity contribution in [3.05, 3.63) is 29.8 Å². The van der Waals surface area contributed by atoms with Gasteiger partial charge in [0.1, 0.15) is 0 Å². The summed E-state index contributed by atoms with van der Waals surface area (Å²) in [6.07, 6.45) is -2.58. The molecule has 0 spiro atoms. The Bertz CT molecular complexity index is 400. The minimum atomic E-state index is -4.33. The fourth-order valence-electron chi connectivity index (χ4n) is 1.89. The van der Waals surface area contributed by atoms with Gasteiger partial charge in [-0.15, -0.1) is 0 Å². The van der Waals surface area contributed by atoms with Crippen molar-refractivity contribution in [2.45, 2.75) is 32.9 Å². The van der Waals surface area contributed by atoms with Crippen LogP contribution in [0.2, 0.25) is 0 Å². The Kier molecular flexibility index (Phi) is 5.23. The average molecular weight is 274 g/mol. The topological polar surface area (TPSA) is 38.0 Å². The molecule has 1 aromatic rings. The molecule has 0 aliphatic rings. The Hall–Kier alpha value is -1.23. The molecule has 1 aromatic carbocycles. The fraction of sp³-hybridized carbons (Fsp3) is 0.571. The molecule has 0 aliphatic carbocycles. The molecular weight excluding hydrogens is 253 g/mol. The van der Waals surface area contributed by atoms with E-state index in [1.54, 1.807) is 6.07 Å². The van der Waals surface area contributed by atoms with Gasteiger partial charge in [-0.25, -0.2) is 0 Å². The Morgan fingerprint density at radius 2 is 1.79 bits per heavy atom. The SMILES string of the molecule is CC(C)(CCCN)CNc1ccccc1C(F)(F)F. The average Bonchev–Trinajstić information content (AvgIpc) is 2.33. The minimum absolute atomic E-state index is 0.0852. The Balaban J connectivity index is 2.73. The standard InChI is InChI=1S/C14H21F3N2/c1-13(2,8-5-9-18)10-19-12-7-4-3-6-11(12)14(15,16)17/h3-4,6-7,19H,5,8-10,18H2,1-2H3. The first-order valence-corrected chi connectivity index (χ1v) is 6.36. The fourth-order valence-corrected chi connectivity index (χ4v) is 1.89. The van der Waals surface area contributed by atoms with E-state index in [0.717, 1.165) is 18.9 Å². The van der Waals surface area contributed by atoms with E-state index >= 15 is 0 Å². The van der Waals surface area contributed by atoms with Gasteiger partial charge in [0.2, 0.25) is 0 Å². The lowest BCUT2D eigenvalue weighted by Gasteiger charge is -2.26. The lowest BCUT2D eigenvalue weighted by molar-refractivity contribution is -0.137. The van der Waals surface area contributed by atoms with Crippen molar-refractivity contribution in [3.63, 3.8) is 0 Å². The molecule has 0 unspecified atom stereocenters. The minimum Gasteiger partial charge on any atom is -0.384 e. The van der Waals surface area contributed by atoms with Crippen molar-refractivity contribution in [2.24, 2.45) is 11.1 Å². The first-order chi connectivity index (χ1) is 8.76. The lowest BCUT2D eigenvalue weighted by atomic mass is 9.87. The molecule has 0 amide bonds. The summed E-state index contributed by atoms with van der Waals surface area (Å²) in [7, 11) is 0. The molecule has 2 nitrogen and oxygen atoms in total. The normalized spacial score (nSPS) is 12.5. The van der Waals surface area contributed by atoms with Crippen LogP contribution in [0.4, 0.5) is 18.9 Å². The number of para-hydroxylation sites is 1. The quantitative estimate of drug-likeness (QED) is 0.826. The molecule has 0 heterocycles. The highest BCUT2D eigenvalue weighted by atomic mass is 19.4. The maximum absolute atomic E-state index is 12.8. The van der Waals surface area contributed by atoms with Gasteiger partial charge < -0.3 is 11.1 Å². The summed E-state index contributed by atoms with van der Waals surface area (Å²) in [5.74, 6) is 0. The highest BCUT2D eigenvalue weighted by Gasteiger charge is 2.33. The third kappa shape index (κ3) is 5.11. The van der Waals surface area contributed by atoms with Crippen molar-refractivity contribution in [3.8, 4) is 0 Å². The second-order valence-corrected chi connectivity index (χ2v) is 5.45. The Morgan fingerprint density at radius 1 is 1.16 bits per heavy atom. The smallest absolute Gasteiger partial charge is 0.384 e. The van der Waals surface area contributed by atoms with E-state index in [-0.39, 0.29) is 11.1 Å². The summed E-state index contributed by atoms with van der Waals surface area (Å²) in [5, 5.41) is 2.91. The third-order valence-electron chi connectivity index (χ3n) is 3.05. The van der Waals surface area contributed by atoms with Crippen molar-refractivity contribution in [2.75, 3.05) is 18.4 Å². The highest BCUT2D eigenvalue weighted by molar-refractivity contribution is 5.52. The van der Waals surface area contributed by atoms with E-state index in [9.17, 15) is 13.2 Å². The number of hydrogen-bond acceptors (Lipinski definition) is 2. The Labute approximate surface area is 112 Å². The zero-order valence-electron chi connectivity index (χ0n) is 11.3. The molecule has 19 heavy (non-hydrogen) atoms. The van der Waals surface area contributed by atoms with Crippen LogP contribution < -0.4 is 11.1 Å². The predicted octanol–water partition coefficient (Wildman–Crippen LogP) is 3.88. The molecule has 0 saturated heterocycles. The van der Waals surface area contributed by atoms with Gasteiger partial charge in [-0.3, -0.25) is 0 Å². The molecule has 3 N–H and O–H groups in total. The number of alkyl halides is 3. The molecule has 0 saturated carbocycles. The van der Waals surface area contributed by atoms with Crippen molar-refractivity contribution < 1.29 is 13.2 Å². The van der Waals surface area contributed by atoms with E-state index < -0.39 is 11.7 Å². The summed E-state index contributed by atoms with van der Waals surface area (Å²) in [6.45, 7) is 5.13. The van der Waals surface area contributed by atoms with Crippen LogP contribution in [0.1, 0.15) is 32.3 Å². The molecule has 0 aliphatic heterocycles. The van der Waals surface area contributed by atoms with Gasteiger partial charge in [0.25, 0.3) is 0 Å². The van der Waals surface area contributed by atoms with Gasteiger partial charge in [0.15, 0.2) is 0 Å². The molecule has 0 atom stereocenters. The van der Waals surface area contributed by atoms with Gasteiger partial charge in [0, 0.05) is 12.2 Å². The molecule has 0 fully saturated rings. The maximum Gasteiger partial charge on any atom is 0.418 e. The highest BCUT2D eigenvalue weighted by Crippen LogP contribution is 2.35. The molecule has 0 aromatic heterocycles. The maximum atomic E-state index is 12.8. The van der Waals surface area contributed by atoms with E-state index in [4.69, 9.17) is 5.73 Å². The van der Waals surface area contributed by atoms with E-state index in [0.29, 0.717) is 13.1 Å². The number of hydrogen-bond donors (Lipinski definition) is 2. The summed E-state index contributed by atoms with van der Waals surface area (Å²) in [6, 6.07) is 5.55. The van der Waals surface area contributed by atoms with E-state index in [2.05, 4.69) is 5.32 Å². The predicted molar refractivity (Wildman–Crippen MR) is 72.0 cm³/mol. The second kappa shape index (κ2) is 6.28. The number of nitrogens with one attached hydrogen (secondary N) is 1. The first kappa shape index (κ1) is 15.8. The lowest BCUT2D eigenvalue weighted by Crippen LogP contribution is -2.25. The number of nitrogens with two attached hydrogens (primary N) is 1. The van der Waals surface area contributed by atoms with Crippen LogP contribution in [0.5, 0.6) is 0 Å². The van der Waals surface area contributed by atoms with Crippen molar-refractivity contribution in [1.82, 2.24) is 0 Å². The van der Waals surface area contributed by atoms with E-state index in [1.807, 2.05) is 13.8 Å². The van der Waals surface area contributed by atoms with Crippen LogP contribution in [-0.4, -0.2) is 13.1 Å². The van der Waals surface area contributed by atoms with Crippen LogP contribution in [-0.2, 0) is 6.18 Å². The van der Waals surface area contributed by atoms with Crippen LogP contribution in [0.3, 0.4) is 0 Å². The van der Waals surface area contributed by atoms with Gasteiger partial charge in [-0.05, 0) is 36.9 Å². The zero-order valence-corrected chi connectivity index (χ0v) is 11.3. The van der Waals surface area contributed by atoms with E-state index in [1.165, 1.54) is 12.1 Å². The summed E-state index contributed by atoms with van der Waals surface area (Å²) < 4.78 is 38.4. The molecule has 5 heteroatoms. The van der Waals surface area contributed by atoms with Gasteiger partial charge in [-0.1, -0.05) is 26.0 Å². The van der Waals surface area contributed by atoms with Crippen molar-refractivity contribution >= 4 is 5.69 Å². The number of halogens is 3. The Morgan fingerprint density at radius 3 is 2.37 bits per heavy atom. The first-order valence-electron chi connectivity index (χ1n) is 6.36. The van der Waals surface area contributed by atoms with Crippen LogP contribution in [0.25, 0.3) is 0 Å². The van der Waals surface area contributed by atoms with Crippen LogP contribution in [0.15, 0.2) is 24.3 Å². The summed E-state index contributed by atoms with van der Waals surface area (Å²) in [5.41, 5.74) is 4.88. The molecule has 1 rings (SSSR count). The summed E-state index contributed by atoms with van der Waals surface area (Å²) in [4.78, 5) is 0. The molecule has 0 radical (unpaired) electrons. The van der Waals surface area contributed by atoms with Crippen molar-refractivity contribution in [1.29, 1.82) is 0 Å². The number of benzene rings is 1. The number of rotatable bonds is 6. The second-order valence-electron chi connectivity index (χ2n) is 5.45. The van der Waals surface area contributed by atoms with Gasteiger partial charge in [-0.2, -0.15) is 13.2 Å². The molecular formula is C14H21F3N2. The largest absolute Gasteiger partial charge is 0.418 e. The van der Waals surface area contributed by atoms with Gasteiger partial charge >= 0.3 is 6.18 Å². The monoisotopic (exact) mass is 274 g/mol. The van der Waals surface area contributed by atoms with Crippen LogP contribution in [0, 0.1) is 5.41 Å². The third-order valence-corrected chi connectivity index (χ3v) is 3.05. The van der Waals surface area contributed by atoms with Gasteiger partial charge in [0.05, 0.1) is 5.56 Å². The number of anilines is 1.